The number of esters is 1. The zero-order chi connectivity index (χ0) is 38.2. The summed E-state index contributed by atoms with van der Waals surface area (Å²) >= 11 is 0. The second-order valence-electron chi connectivity index (χ2n) is 20.7. The Labute approximate surface area is 313 Å². The Hall–Kier alpha value is -2.22. The lowest BCUT2D eigenvalue weighted by Gasteiger charge is -2.72. The van der Waals surface area contributed by atoms with Gasteiger partial charge >= 0.3 is 11.9 Å². The lowest BCUT2D eigenvalue weighted by atomic mass is 9.33. The maximum absolute atomic E-state index is 14.0. The highest BCUT2D eigenvalue weighted by atomic mass is 16.5. The largest absolute Gasteiger partial charge is 0.481 e. The summed E-state index contributed by atoms with van der Waals surface area (Å²) in [6.07, 6.45) is 11.9. The number of aliphatic hydroxyl groups excluding tert-OH is 1. The Morgan fingerprint density at radius 2 is 1.54 bits per heavy atom. The smallest absolute Gasteiger partial charge is 0.309 e. The number of carboxylic acids is 1. The minimum atomic E-state index is -1.17. The van der Waals surface area contributed by atoms with Crippen molar-refractivity contribution < 1.29 is 34.1 Å². The van der Waals surface area contributed by atoms with Gasteiger partial charge in [0.05, 0.1) is 17.9 Å². The van der Waals surface area contributed by atoms with Crippen LogP contribution in [0.1, 0.15) is 159 Å². The van der Waals surface area contributed by atoms with Crippen LogP contribution < -0.4 is 5.32 Å². The van der Waals surface area contributed by atoms with Gasteiger partial charge in [-0.3, -0.25) is 19.2 Å². The molecule has 9 atom stereocenters. The molecular formula is C44H69NO7. The summed E-state index contributed by atoms with van der Waals surface area (Å²) in [4.78, 5) is 52.0. The molecule has 0 heterocycles. The van der Waals surface area contributed by atoms with Gasteiger partial charge in [0.2, 0.25) is 5.91 Å². The van der Waals surface area contributed by atoms with Crippen LogP contribution in [0.3, 0.4) is 0 Å². The summed E-state index contributed by atoms with van der Waals surface area (Å²) in [6, 6.07) is 0. The van der Waals surface area contributed by atoms with Gasteiger partial charge in [0, 0.05) is 29.7 Å². The van der Waals surface area contributed by atoms with Crippen molar-refractivity contribution in [2.45, 2.75) is 171 Å². The van der Waals surface area contributed by atoms with Crippen LogP contribution in [-0.4, -0.2) is 52.6 Å². The summed E-state index contributed by atoms with van der Waals surface area (Å²) < 4.78 is 6.16. The summed E-state index contributed by atoms with van der Waals surface area (Å²) in [5.74, 6) is -0.0352. The first-order valence-corrected chi connectivity index (χ1v) is 20.8. The van der Waals surface area contributed by atoms with Crippen LogP contribution in [0.25, 0.3) is 0 Å². The number of aliphatic carboxylic acids is 1. The van der Waals surface area contributed by atoms with Crippen LogP contribution in [0.5, 0.6) is 0 Å². The minimum absolute atomic E-state index is 0.0271. The summed E-state index contributed by atoms with van der Waals surface area (Å²) in [5.41, 5.74) is 0.159. The third-order valence-electron chi connectivity index (χ3n) is 16.9. The number of carboxylic acid groups (broad SMARTS) is 1. The molecule has 8 nitrogen and oxygen atoms in total. The second-order valence-corrected chi connectivity index (χ2v) is 20.7. The molecule has 0 bridgehead atoms. The van der Waals surface area contributed by atoms with E-state index in [0.717, 1.165) is 82.6 Å². The molecule has 6 aliphatic rings. The molecule has 5 fully saturated rings. The van der Waals surface area contributed by atoms with Crippen LogP contribution in [0.2, 0.25) is 0 Å². The van der Waals surface area contributed by atoms with Gasteiger partial charge < -0.3 is 20.3 Å². The third kappa shape index (κ3) is 6.02. The zero-order valence-electron chi connectivity index (χ0n) is 33.8. The molecule has 0 aliphatic heterocycles. The molecule has 1 amide bonds. The third-order valence-corrected chi connectivity index (χ3v) is 16.9. The van der Waals surface area contributed by atoms with Crippen LogP contribution in [0, 0.1) is 62.1 Å². The number of hydrogen-bond acceptors (Lipinski definition) is 6. The number of allylic oxidation sites excluding steroid dienone is 1. The Balaban J connectivity index is 1.26. The van der Waals surface area contributed by atoms with E-state index < -0.39 is 28.9 Å². The van der Waals surface area contributed by atoms with E-state index >= 15 is 0 Å². The first kappa shape index (κ1) is 39.5. The van der Waals surface area contributed by atoms with Gasteiger partial charge in [-0.05, 0) is 124 Å². The predicted octanol–water partition coefficient (Wildman–Crippen LogP) is 8.44. The fourth-order valence-electron chi connectivity index (χ4n) is 13.8. The van der Waals surface area contributed by atoms with Crippen molar-refractivity contribution in [2.75, 3.05) is 6.54 Å². The number of ether oxygens (including phenoxy) is 1. The summed E-state index contributed by atoms with van der Waals surface area (Å²) in [6.45, 7) is 19.7. The van der Waals surface area contributed by atoms with Crippen molar-refractivity contribution in [3.63, 3.8) is 0 Å². The quantitative estimate of drug-likeness (QED) is 0.204. The maximum atomic E-state index is 14.0. The van der Waals surface area contributed by atoms with E-state index in [9.17, 15) is 29.4 Å². The van der Waals surface area contributed by atoms with Crippen LogP contribution in [-0.2, 0) is 23.9 Å². The number of hydrogen-bond donors (Lipinski definition) is 3. The molecule has 5 saturated carbocycles. The summed E-state index contributed by atoms with van der Waals surface area (Å²) in [5, 5.41) is 24.9. The average molecular weight is 724 g/mol. The molecule has 9 unspecified atom stereocenters. The van der Waals surface area contributed by atoms with Crippen LogP contribution >= 0.6 is 0 Å². The molecule has 8 heteroatoms. The predicted molar refractivity (Wildman–Crippen MR) is 201 cm³/mol. The number of amides is 1. The van der Waals surface area contributed by atoms with E-state index in [2.05, 4.69) is 53.8 Å². The standard InChI is InChI=1S/C44H69NO7/c1-26(2)35-29(46)23-44(32(47)25-45-37(49)27-13-11-10-12-14-27)22-21-42(8)28(36(35)44)15-16-31-41(7)19-18-33(52-34(48)24-39(3,4)38(50)51)40(5,6)30(41)17-20-43(31,42)9/h26-28,30-33,47H,10-25H2,1-9H3,(H,45,49)(H,50,51). The van der Waals surface area contributed by atoms with Gasteiger partial charge in [-0.15, -0.1) is 0 Å². The van der Waals surface area contributed by atoms with Crippen molar-refractivity contribution in [3.8, 4) is 0 Å². The Kier molecular flexibility index (Phi) is 10.3. The lowest BCUT2D eigenvalue weighted by Crippen LogP contribution is -2.66. The molecule has 0 aromatic rings. The van der Waals surface area contributed by atoms with E-state index in [-0.39, 0.29) is 70.2 Å². The number of carbonyl (C=O) groups excluding carboxylic acids is 3. The molecule has 0 spiro atoms. The van der Waals surface area contributed by atoms with E-state index in [1.807, 2.05) is 0 Å². The molecule has 0 aromatic carbocycles. The van der Waals surface area contributed by atoms with Crippen LogP contribution in [0.15, 0.2) is 11.1 Å². The molecule has 292 valence electrons. The van der Waals surface area contributed by atoms with Gasteiger partial charge in [-0.2, -0.15) is 0 Å². The van der Waals surface area contributed by atoms with Gasteiger partial charge in [0.25, 0.3) is 0 Å². The van der Waals surface area contributed by atoms with Gasteiger partial charge in [0.15, 0.2) is 5.78 Å². The van der Waals surface area contributed by atoms with Gasteiger partial charge in [0.1, 0.15) is 6.10 Å². The highest BCUT2D eigenvalue weighted by Crippen LogP contribution is 2.77. The monoisotopic (exact) mass is 724 g/mol. The molecule has 6 rings (SSSR count). The van der Waals surface area contributed by atoms with Crippen molar-refractivity contribution in [2.24, 2.45) is 62.1 Å². The number of aliphatic hydroxyl groups is 1. The minimum Gasteiger partial charge on any atom is -0.481 e. The zero-order valence-corrected chi connectivity index (χ0v) is 33.8. The molecular weight excluding hydrogens is 654 g/mol. The molecule has 52 heavy (non-hydrogen) atoms. The number of Topliss-reactive ketones (excluding diaryl/α,β-unsaturated/α-hetero) is 1. The van der Waals surface area contributed by atoms with E-state index in [4.69, 9.17) is 4.74 Å². The molecule has 3 N–H and O–H groups in total. The fourth-order valence-corrected chi connectivity index (χ4v) is 13.8. The average Bonchev–Trinajstić information content (AvgIpc) is 3.38. The number of rotatable bonds is 9. The summed E-state index contributed by atoms with van der Waals surface area (Å²) in [7, 11) is 0. The van der Waals surface area contributed by atoms with Crippen LogP contribution in [0.4, 0.5) is 0 Å². The topological polar surface area (TPSA) is 130 Å². The molecule has 0 radical (unpaired) electrons. The molecule has 0 aromatic heterocycles. The highest BCUT2D eigenvalue weighted by molar-refractivity contribution is 6.00. The number of ketones is 1. The van der Waals surface area contributed by atoms with E-state index in [1.54, 1.807) is 13.8 Å². The Morgan fingerprint density at radius 3 is 2.17 bits per heavy atom. The Bertz CT molecular complexity index is 1490. The maximum Gasteiger partial charge on any atom is 0.309 e. The van der Waals surface area contributed by atoms with Crippen molar-refractivity contribution in [1.29, 1.82) is 0 Å². The highest BCUT2D eigenvalue weighted by Gasteiger charge is 2.70. The fraction of sp³-hybridized carbons (Fsp3) is 0.864. The number of nitrogens with one attached hydrogen (secondary N) is 1. The SMILES string of the molecule is CC(C)C1=C2C3CCC4C5(C)CCC(OC(=O)CC(C)(C)C(=O)O)C(C)(C)C5CCC4(C)C3(C)CCC2(C(O)CNC(=O)C2CCCCC2)CC1=O. The molecule has 0 saturated heterocycles. The van der Waals surface area contributed by atoms with Crippen molar-refractivity contribution in [1.82, 2.24) is 5.32 Å². The number of carbonyl (C=O) groups is 4. The lowest BCUT2D eigenvalue weighted by molar-refractivity contribution is -0.235. The first-order chi connectivity index (χ1) is 24.2. The normalized spacial score (nSPS) is 39.6. The van der Waals surface area contributed by atoms with Gasteiger partial charge in [-0.25, -0.2) is 0 Å². The van der Waals surface area contributed by atoms with Crippen molar-refractivity contribution in [3.05, 3.63) is 11.1 Å². The molecule has 6 aliphatic carbocycles. The Morgan fingerprint density at radius 1 is 0.865 bits per heavy atom. The van der Waals surface area contributed by atoms with Crippen molar-refractivity contribution >= 4 is 23.6 Å². The van der Waals surface area contributed by atoms with E-state index in [1.165, 1.54) is 12.0 Å². The van der Waals surface area contributed by atoms with E-state index in [0.29, 0.717) is 18.3 Å². The second kappa shape index (κ2) is 13.5. The number of fused-ring (bicyclic) bond motifs is 7. The first-order valence-electron chi connectivity index (χ1n) is 20.8. The van der Waals surface area contributed by atoms with Gasteiger partial charge in [-0.1, -0.05) is 73.3 Å².